The van der Waals surface area contributed by atoms with E-state index in [2.05, 4.69) is 5.32 Å². The van der Waals surface area contributed by atoms with Crippen LogP contribution in [0.4, 0.5) is 5.69 Å². The number of benzene rings is 1. The molecule has 2 rings (SSSR count). The lowest BCUT2D eigenvalue weighted by molar-refractivity contribution is -0.153. The van der Waals surface area contributed by atoms with Gasteiger partial charge in [0.2, 0.25) is 5.91 Å². The van der Waals surface area contributed by atoms with Crippen molar-refractivity contribution < 1.29 is 19.1 Å². The SMILES string of the molecule is CCOC(=O)[C@H](C(=O)Nc1ccccc1OC)C1CCCCC1. The number of anilines is 1. The number of hydrogen-bond acceptors (Lipinski definition) is 4. The molecule has 0 saturated heterocycles. The standard InChI is InChI=1S/C18H25NO4/c1-3-23-18(21)16(13-9-5-4-6-10-13)17(20)19-14-11-7-8-12-15(14)22-2/h7-8,11-13,16H,3-6,9-10H2,1-2H3,(H,19,20)/t16-/m0/s1. The molecule has 1 aromatic carbocycles. The first-order valence-corrected chi connectivity index (χ1v) is 8.28. The van der Waals surface area contributed by atoms with Crippen molar-refractivity contribution in [1.29, 1.82) is 0 Å². The van der Waals surface area contributed by atoms with Crippen LogP contribution >= 0.6 is 0 Å². The molecule has 1 N–H and O–H groups in total. The Morgan fingerprint density at radius 3 is 2.57 bits per heavy atom. The zero-order valence-corrected chi connectivity index (χ0v) is 13.8. The van der Waals surface area contributed by atoms with Gasteiger partial charge in [0.05, 0.1) is 19.4 Å². The first-order chi connectivity index (χ1) is 11.2. The lowest BCUT2D eigenvalue weighted by atomic mass is 9.79. The molecule has 5 nitrogen and oxygen atoms in total. The van der Waals surface area contributed by atoms with Crippen LogP contribution in [0.2, 0.25) is 0 Å². The molecule has 0 aliphatic heterocycles. The highest BCUT2D eigenvalue weighted by molar-refractivity contribution is 6.05. The zero-order valence-electron chi connectivity index (χ0n) is 13.8. The molecule has 126 valence electrons. The van der Waals surface area contributed by atoms with E-state index in [0.717, 1.165) is 25.7 Å². The minimum absolute atomic E-state index is 0.0532. The predicted molar refractivity (Wildman–Crippen MR) is 88.3 cm³/mol. The van der Waals surface area contributed by atoms with Crippen LogP contribution in [-0.2, 0) is 14.3 Å². The summed E-state index contributed by atoms with van der Waals surface area (Å²) in [5.74, 6) is -0.851. The second-order valence-corrected chi connectivity index (χ2v) is 5.82. The number of carbonyl (C=O) groups is 2. The van der Waals surface area contributed by atoms with Crippen molar-refractivity contribution in [3.63, 3.8) is 0 Å². The van der Waals surface area contributed by atoms with Crippen molar-refractivity contribution in [1.82, 2.24) is 0 Å². The minimum atomic E-state index is -0.750. The van der Waals surface area contributed by atoms with Crippen LogP contribution in [0.1, 0.15) is 39.0 Å². The van der Waals surface area contributed by atoms with Crippen molar-refractivity contribution >= 4 is 17.6 Å². The van der Waals surface area contributed by atoms with Crippen LogP contribution in [0.25, 0.3) is 0 Å². The van der Waals surface area contributed by atoms with Crippen LogP contribution in [0.15, 0.2) is 24.3 Å². The van der Waals surface area contributed by atoms with Crippen molar-refractivity contribution in [2.45, 2.75) is 39.0 Å². The van der Waals surface area contributed by atoms with Gasteiger partial charge in [-0.3, -0.25) is 9.59 Å². The van der Waals surface area contributed by atoms with Crippen LogP contribution < -0.4 is 10.1 Å². The second-order valence-electron chi connectivity index (χ2n) is 5.82. The fourth-order valence-corrected chi connectivity index (χ4v) is 3.17. The molecule has 1 amide bonds. The molecular weight excluding hydrogens is 294 g/mol. The Morgan fingerprint density at radius 1 is 1.22 bits per heavy atom. The first kappa shape index (κ1) is 17.3. The zero-order chi connectivity index (χ0) is 16.7. The Balaban J connectivity index is 2.16. The molecule has 5 heteroatoms. The summed E-state index contributed by atoms with van der Waals surface area (Å²) in [5, 5.41) is 2.83. The Morgan fingerprint density at radius 2 is 1.91 bits per heavy atom. The van der Waals surface area contributed by atoms with Crippen molar-refractivity contribution in [2.75, 3.05) is 19.0 Å². The van der Waals surface area contributed by atoms with E-state index in [1.165, 1.54) is 6.42 Å². The number of nitrogens with one attached hydrogen (secondary N) is 1. The number of ether oxygens (including phenoxy) is 2. The van der Waals surface area contributed by atoms with E-state index < -0.39 is 11.9 Å². The van der Waals surface area contributed by atoms with Crippen LogP contribution in [0, 0.1) is 11.8 Å². The Hall–Kier alpha value is -2.04. The van der Waals surface area contributed by atoms with Gasteiger partial charge in [-0.2, -0.15) is 0 Å². The maximum absolute atomic E-state index is 12.7. The van der Waals surface area contributed by atoms with Crippen LogP contribution in [0.5, 0.6) is 5.75 Å². The van der Waals surface area contributed by atoms with Gasteiger partial charge in [-0.15, -0.1) is 0 Å². The lowest BCUT2D eigenvalue weighted by Crippen LogP contribution is -2.37. The highest BCUT2D eigenvalue weighted by atomic mass is 16.5. The van der Waals surface area contributed by atoms with Crippen molar-refractivity contribution in [3.05, 3.63) is 24.3 Å². The summed E-state index contributed by atoms with van der Waals surface area (Å²) in [5.41, 5.74) is 0.574. The third kappa shape index (κ3) is 4.47. The quantitative estimate of drug-likeness (QED) is 0.645. The predicted octanol–water partition coefficient (Wildman–Crippen LogP) is 3.39. The summed E-state index contributed by atoms with van der Waals surface area (Å²) in [4.78, 5) is 25.0. The fraction of sp³-hybridized carbons (Fsp3) is 0.556. The maximum atomic E-state index is 12.7. The molecule has 0 spiro atoms. The van der Waals surface area contributed by atoms with E-state index in [-0.39, 0.29) is 18.4 Å². The monoisotopic (exact) mass is 319 g/mol. The third-order valence-electron chi connectivity index (χ3n) is 4.31. The van der Waals surface area contributed by atoms with Gasteiger partial charge in [0.1, 0.15) is 11.7 Å². The van der Waals surface area contributed by atoms with Gasteiger partial charge in [0, 0.05) is 0 Å². The second kappa shape index (κ2) is 8.56. The van der Waals surface area contributed by atoms with E-state index in [1.54, 1.807) is 26.2 Å². The molecule has 1 aliphatic carbocycles. The molecule has 0 bridgehead atoms. The van der Waals surface area contributed by atoms with Gasteiger partial charge < -0.3 is 14.8 Å². The Kier molecular flexibility index (Phi) is 6.44. The highest BCUT2D eigenvalue weighted by Gasteiger charge is 2.36. The summed E-state index contributed by atoms with van der Waals surface area (Å²) in [7, 11) is 1.55. The van der Waals surface area contributed by atoms with E-state index in [0.29, 0.717) is 11.4 Å². The molecule has 1 fully saturated rings. The average molecular weight is 319 g/mol. The number of esters is 1. The number of amides is 1. The number of hydrogen-bond donors (Lipinski definition) is 1. The van der Waals surface area contributed by atoms with E-state index >= 15 is 0 Å². The number of carbonyl (C=O) groups excluding carboxylic acids is 2. The maximum Gasteiger partial charge on any atom is 0.318 e. The molecular formula is C18H25NO4. The van der Waals surface area contributed by atoms with Gasteiger partial charge in [-0.25, -0.2) is 0 Å². The first-order valence-electron chi connectivity index (χ1n) is 8.28. The summed E-state index contributed by atoms with van der Waals surface area (Å²) in [6, 6.07) is 7.19. The van der Waals surface area contributed by atoms with Gasteiger partial charge in [-0.1, -0.05) is 31.4 Å². The number of rotatable bonds is 6. The van der Waals surface area contributed by atoms with Gasteiger partial charge in [0.15, 0.2) is 0 Å². The fourth-order valence-electron chi connectivity index (χ4n) is 3.17. The average Bonchev–Trinajstić information content (AvgIpc) is 2.57. The summed E-state index contributed by atoms with van der Waals surface area (Å²) >= 11 is 0. The summed E-state index contributed by atoms with van der Waals surface area (Å²) < 4.78 is 10.4. The largest absolute Gasteiger partial charge is 0.495 e. The lowest BCUT2D eigenvalue weighted by Gasteiger charge is -2.28. The van der Waals surface area contributed by atoms with Gasteiger partial charge >= 0.3 is 5.97 Å². The van der Waals surface area contributed by atoms with E-state index in [1.807, 2.05) is 12.1 Å². The van der Waals surface area contributed by atoms with Crippen molar-refractivity contribution in [3.8, 4) is 5.75 Å². The smallest absolute Gasteiger partial charge is 0.318 e. The number of methoxy groups -OCH3 is 1. The molecule has 0 unspecified atom stereocenters. The van der Waals surface area contributed by atoms with E-state index in [9.17, 15) is 9.59 Å². The Bertz CT molecular complexity index is 538. The molecule has 1 saturated carbocycles. The molecule has 0 heterocycles. The van der Waals surface area contributed by atoms with Crippen LogP contribution in [-0.4, -0.2) is 25.6 Å². The molecule has 23 heavy (non-hydrogen) atoms. The molecule has 0 radical (unpaired) electrons. The topological polar surface area (TPSA) is 64.6 Å². The highest BCUT2D eigenvalue weighted by Crippen LogP contribution is 2.32. The van der Waals surface area contributed by atoms with E-state index in [4.69, 9.17) is 9.47 Å². The Labute approximate surface area is 137 Å². The molecule has 1 aliphatic rings. The normalized spacial score (nSPS) is 16.4. The summed E-state index contributed by atoms with van der Waals surface area (Å²) in [6.07, 6.45) is 5.07. The number of para-hydroxylation sites is 2. The van der Waals surface area contributed by atoms with Crippen LogP contribution in [0.3, 0.4) is 0 Å². The minimum Gasteiger partial charge on any atom is -0.495 e. The molecule has 1 atom stereocenters. The third-order valence-corrected chi connectivity index (χ3v) is 4.31. The van der Waals surface area contributed by atoms with Gasteiger partial charge in [-0.05, 0) is 37.8 Å². The van der Waals surface area contributed by atoms with Gasteiger partial charge in [0.25, 0.3) is 0 Å². The molecule has 0 aromatic heterocycles. The van der Waals surface area contributed by atoms with Crippen molar-refractivity contribution in [2.24, 2.45) is 11.8 Å². The molecule has 1 aromatic rings. The summed E-state index contributed by atoms with van der Waals surface area (Å²) in [6.45, 7) is 2.04.